The lowest BCUT2D eigenvalue weighted by Crippen LogP contribution is -2.05. The van der Waals surface area contributed by atoms with Crippen molar-refractivity contribution in [1.82, 2.24) is 19.6 Å². The summed E-state index contributed by atoms with van der Waals surface area (Å²) in [6.45, 7) is 6.30. The average Bonchev–Trinajstić information content (AvgIpc) is 2.72. The van der Waals surface area contributed by atoms with Gasteiger partial charge in [0.2, 0.25) is 0 Å². The topological polar surface area (TPSA) is 43.1 Å². The van der Waals surface area contributed by atoms with Crippen LogP contribution in [0.3, 0.4) is 0 Å². The van der Waals surface area contributed by atoms with Crippen molar-refractivity contribution in [2.24, 2.45) is 0 Å². The van der Waals surface area contributed by atoms with Crippen LogP contribution in [0.15, 0.2) is 0 Å². The van der Waals surface area contributed by atoms with Crippen molar-refractivity contribution in [2.45, 2.75) is 45.9 Å². The molecule has 2 heterocycles. The third-order valence-electron chi connectivity index (χ3n) is 2.99. The summed E-state index contributed by atoms with van der Waals surface area (Å²) in [5.74, 6) is 1.61. The van der Waals surface area contributed by atoms with Gasteiger partial charge in [0.15, 0.2) is 5.82 Å². The molecule has 4 nitrogen and oxygen atoms in total. The Balaban J connectivity index is 2.53. The van der Waals surface area contributed by atoms with Crippen LogP contribution in [0.2, 0.25) is 0 Å². The van der Waals surface area contributed by atoms with Gasteiger partial charge in [0.05, 0.1) is 5.88 Å². The Bertz CT molecular complexity index is 533. The molecular weight excluding hydrogens is 236 g/mol. The van der Waals surface area contributed by atoms with E-state index in [0.29, 0.717) is 17.5 Å². The molecule has 0 saturated heterocycles. The first-order valence-electron chi connectivity index (χ1n) is 5.95. The van der Waals surface area contributed by atoms with E-state index in [1.807, 2.05) is 6.92 Å². The molecule has 2 aromatic heterocycles. The Morgan fingerprint density at radius 1 is 1.24 bits per heavy atom. The number of hydrogen-bond donors (Lipinski definition) is 0. The number of aromatic nitrogens is 4. The van der Waals surface area contributed by atoms with Crippen molar-refractivity contribution in [3.05, 3.63) is 22.8 Å². The molecule has 17 heavy (non-hydrogen) atoms. The molecule has 5 heteroatoms. The highest BCUT2D eigenvalue weighted by atomic mass is 35.5. The third kappa shape index (κ3) is 2.27. The van der Waals surface area contributed by atoms with E-state index in [-0.39, 0.29) is 0 Å². The molecule has 0 aliphatic rings. The SMILES string of the molecule is CCCCc1c(C)nc2nc(CCl)nn2c1C. The predicted octanol–water partition coefficient (Wildman–Crippen LogP) is 2.82. The molecule has 0 amide bonds. The van der Waals surface area contributed by atoms with Crippen LogP contribution in [0.1, 0.15) is 42.5 Å². The number of hydrogen-bond acceptors (Lipinski definition) is 3. The van der Waals surface area contributed by atoms with Gasteiger partial charge in [0.25, 0.3) is 5.78 Å². The fourth-order valence-corrected chi connectivity index (χ4v) is 2.13. The van der Waals surface area contributed by atoms with Gasteiger partial charge in [-0.2, -0.15) is 4.98 Å². The van der Waals surface area contributed by atoms with Gasteiger partial charge in [-0.1, -0.05) is 13.3 Å². The number of alkyl halides is 1. The number of unbranched alkanes of at least 4 members (excludes halogenated alkanes) is 1. The quantitative estimate of drug-likeness (QED) is 0.786. The molecule has 2 rings (SSSR count). The standard InChI is InChI=1S/C12H17ClN4/c1-4-5-6-10-8(2)14-12-15-11(7-13)16-17(12)9(10)3/h4-7H2,1-3H3. The molecule has 0 bridgehead atoms. The van der Waals surface area contributed by atoms with Gasteiger partial charge in [-0.3, -0.25) is 0 Å². The zero-order chi connectivity index (χ0) is 12.4. The Morgan fingerprint density at radius 2 is 2.00 bits per heavy atom. The Morgan fingerprint density at radius 3 is 2.65 bits per heavy atom. The first-order valence-corrected chi connectivity index (χ1v) is 6.48. The second kappa shape index (κ2) is 5.00. The lowest BCUT2D eigenvalue weighted by molar-refractivity contribution is 0.757. The maximum Gasteiger partial charge on any atom is 0.252 e. The van der Waals surface area contributed by atoms with Crippen LogP contribution in [-0.4, -0.2) is 19.6 Å². The van der Waals surface area contributed by atoms with Gasteiger partial charge in [0, 0.05) is 11.4 Å². The molecule has 0 aromatic carbocycles. The van der Waals surface area contributed by atoms with Crippen LogP contribution >= 0.6 is 11.6 Å². The summed E-state index contributed by atoms with van der Waals surface area (Å²) in [5, 5.41) is 4.35. The minimum absolute atomic E-state index is 0.326. The van der Waals surface area contributed by atoms with E-state index < -0.39 is 0 Å². The molecular formula is C12H17ClN4. The Hall–Kier alpha value is -1.16. The lowest BCUT2D eigenvalue weighted by Gasteiger charge is -2.09. The van der Waals surface area contributed by atoms with E-state index in [0.717, 1.165) is 17.8 Å². The maximum absolute atomic E-state index is 5.75. The minimum Gasteiger partial charge on any atom is -0.216 e. The van der Waals surface area contributed by atoms with Gasteiger partial charge in [-0.05, 0) is 32.3 Å². The summed E-state index contributed by atoms with van der Waals surface area (Å²) >= 11 is 5.75. The molecule has 0 radical (unpaired) electrons. The van der Waals surface area contributed by atoms with Crippen LogP contribution < -0.4 is 0 Å². The number of halogens is 1. The summed E-state index contributed by atoms with van der Waals surface area (Å²) in [4.78, 5) is 8.77. The number of fused-ring (bicyclic) bond motifs is 1. The van der Waals surface area contributed by atoms with Crippen LogP contribution in [0.4, 0.5) is 0 Å². The van der Waals surface area contributed by atoms with Crippen LogP contribution in [-0.2, 0) is 12.3 Å². The van der Waals surface area contributed by atoms with Crippen molar-refractivity contribution in [3.8, 4) is 0 Å². The van der Waals surface area contributed by atoms with E-state index in [1.54, 1.807) is 4.52 Å². The van der Waals surface area contributed by atoms with Gasteiger partial charge in [0.1, 0.15) is 0 Å². The second-order valence-electron chi connectivity index (χ2n) is 4.24. The Labute approximate surface area is 106 Å². The lowest BCUT2D eigenvalue weighted by atomic mass is 10.1. The summed E-state index contributed by atoms with van der Waals surface area (Å²) in [5.41, 5.74) is 3.46. The molecule has 2 aromatic rings. The zero-order valence-electron chi connectivity index (χ0n) is 10.5. The van der Waals surface area contributed by atoms with Crippen LogP contribution in [0, 0.1) is 13.8 Å². The van der Waals surface area contributed by atoms with Crippen molar-refractivity contribution in [2.75, 3.05) is 0 Å². The largest absolute Gasteiger partial charge is 0.252 e. The maximum atomic E-state index is 5.75. The molecule has 0 aliphatic carbocycles. The molecule has 0 aliphatic heterocycles. The fourth-order valence-electron chi connectivity index (χ4n) is 2.02. The molecule has 0 N–H and O–H groups in total. The van der Waals surface area contributed by atoms with E-state index >= 15 is 0 Å². The highest BCUT2D eigenvalue weighted by Crippen LogP contribution is 2.16. The van der Waals surface area contributed by atoms with Crippen LogP contribution in [0.25, 0.3) is 5.78 Å². The summed E-state index contributed by atoms with van der Waals surface area (Å²) in [6.07, 6.45) is 3.40. The van der Waals surface area contributed by atoms with E-state index in [1.165, 1.54) is 18.4 Å². The molecule has 0 unspecified atom stereocenters. The van der Waals surface area contributed by atoms with Crippen molar-refractivity contribution >= 4 is 17.4 Å². The van der Waals surface area contributed by atoms with Gasteiger partial charge in [-0.25, -0.2) is 9.50 Å². The highest BCUT2D eigenvalue weighted by molar-refractivity contribution is 6.16. The Kier molecular flexibility index (Phi) is 3.62. The average molecular weight is 253 g/mol. The third-order valence-corrected chi connectivity index (χ3v) is 3.23. The summed E-state index contributed by atoms with van der Waals surface area (Å²) in [6, 6.07) is 0. The van der Waals surface area contributed by atoms with Gasteiger partial charge in [-0.15, -0.1) is 16.7 Å². The first kappa shape index (κ1) is 12.3. The highest BCUT2D eigenvalue weighted by Gasteiger charge is 2.12. The van der Waals surface area contributed by atoms with E-state index in [2.05, 4.69) is 28.9 Å². The minimum atomic E-state index is 0.326. The van der Waals surface area contributed by atoms with Crippen molar-refractivity contribution in [3.63, 3.8) is 0 Å². The van der Waals surface area contributed by atoms with E-state index in [9.17, 15) is 0 Å². The first-order chi connectivity index (χ1) is 8.17. The summed E-state index contributed by atoms with van der Waals surface area (Å²) in [7, 11) is 0. The fraction of sp³-hybridized carbons (Fsp3) is 0.583. The van der Waals surface area contributed by atoms with E-state index in [4.69, 9.17) is 11.6 Å². The monoisotopic (exact) mass is 252 g/mol. The molecule has 0 fully saturated rings. The number of nitrogens with zero attached hydrogens (tertiary/aromatic N) is 4. The van der Waals surface area contributed by atoms with Crippen molar-refractivity contribution < 1.29 is 0 Å². The zero-order valence-corrected chi connectivity index (χ0v) is 11.3. The predicted molar refractivity (Wildman–Crippen MR) is 68.4 cm³/mol. The number of aryl methyl sites for hydroxylation is 2. The normalized spacial score (nSPS) is 11.3. The molecule has 0 atom stereocenters. The number of rotatable bonds is 4. The molecule has 92 valence electrons. The van der Waals surface area contributed by atoms with Gasteiger partial charge >= 0.3 is 0 Å². The molecule has 0 spiro atoms. The smallest absolute Gasteiger partial charge is 0.216 e. The van der Waals surface area contributed by atoms with Gasteiger partial charge < -0.3 is 0 Å². The van der Waals surface area contributed by atoms with Crippen molar-refractivity contribution in [1.29, 1.82) is 0 Å². The molecule has 0 saturated carbocycles. The van der Waals surface area contributed by atoms with Crippen LogP contribution in [0.5, 0.6) is 0 Å². The second-order valence-corrected chi connectivity index (χ2v) is 4.51. The summed E-state index contributed by atoms with van der Waals surface area (Å²) < 4.78 is 1.80.